The summed E-state index contributed by atoms with van der Waals surface area (Å²) < 4.78 is 0. The van der Waals surface area contributed by atoms with E-state index in [1.165, 1.54) is 77.0 Å². The van der Waals surface area contributed by atoms with Crippen molar-refractivity contribution in [3.05, 3.63) is 223 Å². The lowest BCUT2D eigenvalue weighted by atomic mass is 9.33. The lowest BCUT2D eigenvalue weighted by Crippen LogP contribution is -2.83. The van der Waals surface area contributed by atoms with Gasteiger partial charge in [-0.1, -0.05) is 198 Å². The summed E-state index contributed by atoms with van der Waals surface area (Å²) >= 11 is 0. The van der Waals surface area contributed by atoms with Gasteiger partial charge in [0.1, 0.15) is 8.07 Å². The SMILES string of the molecule is CC(C)(C)c1ccc(-c2ccc(N3c4cc(N(c5ccccc5)c5ccccc5)cc5c4B4c6c3cccc6[Si](C)(c3ccccc3)c3cccc(c34)N5c3ccc(C(C)(C)C)cc3)cc2)cc1. The van der Waals surface area contributed by atoms with E-state index in [0.717, 1.165) is 28.4 Å². The largest absolute Gasteiger partial charge is 0.311 e. The molecule has 12 rings (SSSR count). The number of para-hydroxylation sites is 2. The van der Waals surface area contributed by atoms with Crippen LogP contribution in [0.3, 0.4) is 0 Å². The van der Waals surface area contributed by atoms with E-state index < -0.39 is 8.07 Å². The van der Waals surface area contributed by atoms with Gasteiger partial charge in [0, 0.05) is 45.5 Å². The van der Waals surface area contributed by atoms with Crippen LogP contribution in [0.2, 0.25) is 6.55 Å². The fourth-order valence-corrected chi connectivity index (χ4v) is 15.8. The maximum absolute atomic E-state index is 2.60. The van der Waals surface area contributed by atoms with Crippen molar-refractivity contribution in [3.63, 3.8) is 0 Å². The summed E-state index contributed by atoms with van der Waals surface area (Å²) in [6.07, 6.45) is 0. The van der Waals surface area contributed by atoms with E-state index in [0.29, 0.717) is 0 Å². The number of benzene rings is 9. The van der Waals surface area contributed by atoms with Crippen molar-refractivity contribution in [2.45, 2.75) is 58.9 Å². The zero-order valence-electron chi connectivity index (χ0n) is 40.1. The second kappa shape index (κ2) is 15.6. The van der Waals surface area contributed by atoms with Gasteiger partial charge in [0.25, 0.3) is 6.71 Å². The minimum atomic E-state index is -2.58. The number of anilines is 9. The Balaban J connectivity index is 1.17. The van der Waals surface area contributed by atoms with E-state index in [2.05, 4.69) is 275 Å². The minimum Gasteiger partial charge on any atom is -0.311 e. The first kappa shape index (κ1) is 42.0. The molecular weight excluding hydrogens is 838 g/mol. The van der Waals surface area contributed by atoms with Crippen molar-refractivity contribution in [2.75, 3.05) is 14.7 Å². The molecular formula is C63H56BN3Si. The van der Waals surface area contributed by atoms with Crippen LogP contribution in [0.15, 0.2) is 212 Å². The van der Waals surface area contributed by atoms with Gasteiger partial charge in [-0.3, -0.25) is 0 Å². The van der Waals surface area contributed by atoms with Crippen LogP contribution in [-0.4, -0.2) is 14.8 Å². The predicted molar refractivity (Wildman–Crippen MR) is 295 cm³/mol. The molecule has 0 radical (unpaired) electrons. The van der Waals surface area contributed by atoms with Gasteiger partial charge >= 0.3 is 0 Å². The Labute approximate surface area is 404 Å². The van der Waals surface area contributed by atoms with E-state index in [9.17, 15) is 0 Å². The smallest absolute Gasteiger partial charge is 0.251 e. The van der Waals surface area contributed by atoms with E-state index >= 15 is 0 Å². The Bertz CT molecular complexity index is 3320. The van der Waals surface area contributed by atoms with Gasteiger partial charge in [0.2, 0.25) is 0 Å². The summed E-state index contributed by atoms with van der Waals surface area (Å²) in [4.78, 5) is 7.62. The highest BCUT2D eigenvalue weighted by molar-refractivity contribution is 7.21. The molecule has 330 valence electrons. The monoisotopic (exact) mass is 893 g/mol. The molecule has 3 aliphatic rings. The first-order valence-corrected chi connectivity index (χ1v) is 26.7. The predicted octanol–water partition coefficient (Wildman–Crippen LogP) is 12.9. The first-order chi connectivity index (χ1) is 32.9. The number of nitrogens with zero attached hydrogens (tertiary/aromatic N) is 3. The molecule has 1 atom stereocenters. The third-order valence-electron chi connectivity index (χ3n) is 15.0. The van der Waals surface area contributed by atoms with Crippen molar-refractivity contribution in [1.82, 2.24) is 0 Å². The Morgan fingerprint density at radius 1 is 0.382 bits per heavy atom. The third-order valence-corrected chi connectivity index (χ3v) is 19.5. The van der Waals surface area contributed by atoms with Gasteiger partial charge < -0.3 is 14.7 Å². The lowest BCUT2D eigenvalue weighted by molar-refractivity contribution is 0.590. The zero-order chi connectivity index (χ0) is 46.5. The van der Waals surface area contributed by atoms with Crippen LogP contribution in [0.25, 0.3) is 11.1 Å². The number of rotatable bonds is 7. The molecule has 9 aromatic carbocycles. The Morgan fingerprint density at radius 2 is 0.779 bits per heavy atom. The molecule has 5 heteroatoms. The molecule has 0 saturated heterocycles. The van der Waals surface area contributed by atoms with Gasteiger partial charge in [-0.15, -0.1) is 0 Å². The number of hydrogen-bond acceptors (Lipinski definition) is 3. The van der Waals surface area contributed by atoms with Gasteiger partial charge in [0.05, 0.1) is 5.69 Å². The summed E-state index contributed by atoms with van der Waals surface area (Å²) in [5.74, 6) is 0. The Kier molecular flexibility index (Phi) is 9.66. The van der Waals surface area contributed by atoms with Gasteiger partial charge in [-0.2, -0.15) is 0 Å². The summed E-state index contributed by atoms with van der Waals surface area (Å²) in [6.45, 7) is 16.4. The molecule has 3 heterocycles. The Morgan fingerprint density at radius 3 is 1.22 bits per heavy atom. The number of hydrogen-bond donors (Lipinski definition) is 0. The van der Waals surface area contributed by atoms with Gasteiger partial charge in [0.15, 0.2) is 0 Å². The van der Waals surface area contributed by atoms with Crippen LogP contribution in [0, 0.1) is 0 Å². The van der Waals surface area contributed by atoms with Crippen molar-refractivity contribution >= 4 is 97.9 Å². The second-order valence-electron chi connectivity index (χ2n) is 21.1. The summed E-state index contributed by atoms with van der Waals surface area (Å²) in [5, 5.41) is 4.43. The van der Waals surface area contributed by atoms with Crippen LogP contribution in [0.5, 0.6) is 0 Å². The first-order valence-electron chi connectivity index (χ1n) is 24.2. The van der Waals surface area contributed by atoms with Crippen LogP contribution in [-0.2, 0) is 10.8 Å². The molecule has 0 fully saturated rings. The van der Waals surface area contributed by atoms with Crippen molar-refractivity contribution in [2.24, 2.45) is 0 Å². The van der Waals surface area contributed by atoms with Crippen molar-refractivity contribution in [1.29, 1.82) is 0 Å². The van der Waals surface area contributed by atoms with E-state index in [-0.39, 0.29) is 17.5 Å². The fraction of sp³-hybridized carbons (Fsp3) is 0.143. The zero-order valence-corrected chi connectivity index (χ0v) is 41.1. The average Bonchev–Trinajstić information content (AvgIpc) is 3.36. The average molecular weight is 894 g/mol. The Hall–Kier alpha value is -7.34. The third kappa shape index (κ3) is 6.54. The molecule has 0 saturated carbocycles. The molecule has 1 unspecified atom stereocenters. The highest BCUT2D eigenvalue weighted by Crippen LogP contribution is 2.49. The van der Waals surface area contributed by atoms with Crippen LogP contribution in [0.4, 0.5) is 51.2 Å². The van der Waals surface area contributed by atoms with E-state index in [1.807, 2.05) is 0 Å². The topological polar surface area (TPSA) is 9.72 Å². The van der Waals surface area contributed by atoms with Crippen LogP contribution in [0.1, 0.15) is 52.7 Å². The maximum Gasteiger partial charge on any atom is 0.251 e. The van der Waals surface area contributed by atoms with Gasteiger partial charge in [-0.25, -0.2) is 0 Å². The summed E-state index contributed by atoms with van der Waals surface area (Å²) in [6, 6.07) is 80.3. The molecule has 0 aliphatic carbocycles. The van der Waals surface area contributed by atoms with Gasteiger partial charge in [-0.05, 0) is 127 Å². The van der Waals surface area contributed by atoms with E-state index in [1.54, 1.807) is 0 Å². The highest BCUT2D eigenvalue weighted by atomic mass is 28.3. The van der Waals surface area contributed by atoms with Crippen LogP contribution >= 0.6 is 0 Å². The molecule has 3 aliphatic heterocycles. The fourth-order valence-electron chi connectivity index (χ4n) is 11.5. The van der Waals surface area contributed by atoms with E-state index in [4.69, 9.17) is 0 Å². The highest BCUT2D eigenvalue weighted by Gasteiger charge is 2.53. The van der Waals surface area contributed by atoms with Crippen LogP contribution < -0.4 is 46.6 Å². The lowest BCUT2D eigenvalue weighted by Gasteiger charge is -2.51. The molecule has 3 nitrogen and oxygen atoms in total. The van der Waals surface area contributed by atoms with Crippen molar-refractivity contribution in [3.8, 4) is 11.1 Å². The maximum atomic E-state index is 2.60. The molecule has 0 spiro atoms. The molecule has 0 N–H and O–H groups in total. The second-order valence-corrected chi connectivity index (χ2v) is 25.1. The quantitative estimate of drug-likeness (QED) is 0.148. The summed E-state index contributed by atoms with van der Waals surface area (Å²) in [7, 11) is -2.58. The molecule has 0 amide bonds. The molecule has 0 aromatic heterocycles. The standard InChI is InChI=1S/C63H56BN3Si/c1-62(2,3)45-33-29-43(30-34-45)44-31-37-49(38-32-44)66-53-25-17-27-57-60(53)64-59-55(66)41-51(65(47-19-11-8-12-20-47)48-21-13-9-14-22-48)42-56(59)67(50-39-35-46(36-40-50)63(4,5)6)54-26-18-28-58(61(54)64)68(57,7)52-23-15-10-16-24-52/h8-42H,1-7H3. The molecule has 9 aromatic rings. The molecule has 68 heavy (non-hydrogen) atoms. The summed E-state index contributed by atoms with van der Waals surface area (Å²) in [5.41, 5.74) is 20.0. The molecule has 0 bridgehead atoms. The normalized spacial score (nSPS) is 15.5. The van der Waals surface area contributed by atoms with Crippen molar-refractivity contribution < 1.29 is 0 Å². The minimum absolute atomic E-state index is 0.0253.